The van der Waals surface area contributed by atoms with Gasteiger partial charge in [0.25, 0.3) is 0 Å². The highest BCUT2D eigenvalue weighted by Gasteiger charge is 2.22. The molecule has 0 spiro atoms. The van der Waals surface area contributed by atoms with E-state index in [2.05, 4.69) is 12.1 Å². The molecule has 5 heteroatoms. The Labute approximate surface area is 155 Å². The number of ether oxygens (including phenoxy) is 1. The van der Waals surface area contributed by atoms with E-state index in [0.717, 1.165) is 51.4 Å². The van der Waals surface area contributed by atoms with E-state index in [-0.39, 0.29) is 6.10 Å². The van der Waals surface area contributed by atoms with Crippen LogP contribution in [0.5, 0.6) is 11.5 Å². The Kier molecular flexibility index (Phi) is 5.06. The van der Waals surface area contributed by atoms with E-state index in [1.54, 1.807) is 23.1 Å². The summed E-state index contributed by atoms with van der Waals surface area (Å²) in [4.78, 5) is 5.76. The molecule has 4 rings (SSSR count). The fourth-order valence-electron chi connectivity index (χ4n) is 2.90. The molecule has 1 aliphatic carbocycles. The van der Waals surface area contributed by atoms with Crippen LogP contribution in [0.2, 0.25) is 0 Å². The predicted molar refractivity (Wildman–Crippen MR) is 103 cm³/mol. The molecule has 0 fully saturated rings. The molecule has 1 N–H and O–H groups in total. The number of benzene rings is 2. The van der Waals surface area contributed by atoms with Crippen LogP contribution >= 0.6 is 23.1 Å². The lowest BCUT2D eigenvalue weighted by molar-refractivity contribution is 0.160. The molecule has 0 aliphatic heterocycles. The number of thiazole rings is 1. The van der Waals surface area contributed by atoms with Crippen molar-refractivity contribution in [1.29, 1.82) is 0 Å². The molecule has 1 aliphatic rings. The molecule has 1 heterocycles. The summed E-state index contributed by atoms with van der Waals surface area (Å²) >= 11 is 3.36. The summed E-state index contributed by atoms with van der Waals surface area (Å²) in [6, 6.07) is 18.0. The maximum atomic E-state index is 10.1. The van der Waals surface area contributed by atoms with E-state index < -0.39 is 0 Å². The molecule has 3 aromatic rings. The van der Waals surface area contributed by atoms with Crippen molar-refractivity contribution in [3.05, 3.63) is 70.7 Å². The minimum atomic E-state index is -0.321. The second kappa shape index (κ2) is 7.60. The third-order valence-corrected chi connectivity index (χ3v) is 6.55. The number of rotatable bonds is 5. The van der Waals surface area contributed by atoms with Crippen LogP contribution in [0, 0.1) is 0 Å². The van der Waals surface area contributed by atoms with E-state index in [0.29, 0.717) is 0 Å². The lowest BCUT2D eigenvalue weighted by atomic mass is 10.0. The molecular formula is C20H19NO2S2. The van der Waals surface area contributed by atoms with Gasteiger partial charge in [-0.2, -0.15) is 0 Å². The van der Waals surface area contributed by atoms with Gasteiger partial charge in [0.1, 0.15) is 11.5 Å². The van der Waals surface area contributed by atoms with Crippen LogP contribution < -0.4 is 4.74 Å². The average Bonchev–Trinajstić information content (AvgIpc) is 3.06. The number of aryl methyl sites for hydroxylation is 1. The van der Waals surface area contributed by atoms with Crippen molar-refractivity contribution in [2.45, 2.75) is 35.5 Å². The van der Waals surface area contributed by atoms with Crippen molar-refractivity contribution in [2.75, 3.05) is 0 Å². The quantitative estimate of drug-likeness (QED) is 0.595. The van der Waals surface area contributed by atoms with Crippen molar-refractivity contribution in [2.24, 2.45) is 0 Å². The topological polar surface area (TPSA) is 42.4 Å². The van der Waals surface area contributed by atoms with Gasteiger partial charge >= 0.3 is 0 Å². The molecule has 2 aromatic carbocycles. The zero-order valence-corrected chi connectivity index (χ0v) is 15.4. The Morgan fingerprint density at radius 2 is 1.96 bits per heavy atom. The maximum Gasteiger partial charge on any atom is 0.150 e. The van der Waals surface area contributed by atoms with Crippen LogP contribution in [0.3, 0.4) is 0 Å². The first kappa shape index (κ1) is 16.6. The maximum absolute atomic E-state index is 10.1. The third-order valence-electron chi connectivity index (χ3n) is 4.14. The fourth-order valence-corrected chi connectivity index (χ4v) is 5.09. The fraction of sp³-hybridized carbons (Fsp3) is 0.250. The van der Waals surface area contributed by atoms with Crippen LogP contribution in [-0.2, 0) is 12.2 Å². The summed E-state index contributed by atoms with van der Waals surface area (Å²) < 4.78 is 6.94. The Balaban J connectivity index is 1.42. The first-order chi connectivity index (χ1) is 12.3. The van der Waals surface area contributed by atoms with E-state index in [9.17, 15) is 5.11 Å². The molecule has 0 saturated heterocycles. The van der Waals surface area contributed by atoms with E-state index in [1.807, 2.05) is 42.5 Å². The third kappa shape index (κ3) is 4.06. The SMILES string of the molecule is OC1CCCc2nc(SCc3cccc(Oc4ccccc4)c3)sc21. The van der Waals surface area contributed by atoms with Gasteiger partial charge in [-0.1, -0.05) is 42.1 Å². The molecule has 1 aromatic heterocycles. The number of aromatic nitrogens is 1. The van der Waals surface area contributed by atoms with E-state index in [1.165, 1.54) is 5.56 Å². The molecule has 1 atom stereocenters. The number of fused-ring (bicyclic) bond motifs is 1. The van der Waals surface area contributed by atoms with Gasteiger partial charge in [-0.15, -0.1) is 11.3 Å². The molecular weight excluding hydrogens is 350 g/mol. The zero-order valence-electron chi connectivity index (χ0n) is 13.7. The van der Waals surface area contributed by atoms with Gasteiger partial charge in [-0.25, -0.2) is 4.98 Å². The summed E-state index contributed by atoms with van der Waals surface area (Å²) in [5.41, 5.74) is 2.29. The van der Waals surface area contributed by atoms with Crippen LogP contribution in [0.1, 0.15) is 35.1 Å². The van der Waals surface area contributed by atoms with E-state index >= 15 is 0 Å². The number of aliphatic hydroxyl groups excluding tert-OH is 1. The summed E-state index contributed by atoms with van der Waals surface area (Å²) in [6.07, 6.45) is 2.56. The second-order valence-electron chi connectivity index (χ2n) is 6.05. The van der Waals surface area contributed by atoms with Crippen molar-refractivity contribution in [3.63, 3.8) is 0 Å². The lowest BCUT2D eigenvalue weighted by Crippen LogP contribution is -2.06. The van der Waals surface area contributed by atoms with E-state index in [4.69, 9.17) is 9.72 Å². The van der Waals surface area contributed by atoms with Crippen LogP contribution in [-0.4, -0.2) is 10.1 Å². The zero-order chi connectivity index (χ0) is 17.1. The van der Waals surface area contributed by atoms with Crippen molar-refractivity contribution in [3.8, 4) is 11.5 Å². The molecule has 128 valence electrons. The second-order valence-corrected chi connectivity index (χ2v) is 8.30. The van der Waals surface area contributed by atoms with Gasteiger partial charge < -0.3 is 9.84 Å². The molecule has 0 radical (unpaired) electrons. The normalized spacial score (nSPS) is 16.4. The Hall–Kier alpha value is -1.82. The highest BCUT2D eigenvalue weighted by atomic mass is 32.2. The number of aliphatic hydroxyl groups is 1. The van der Waals surface area contributed by atoms with Gasteiger partial charge in [0.2, 0.25) is 0 Å². The molecule has 25 heavy (non-hydrogen) atoms. The monoisotopic (exact) mass is 369 g/mol. The Bertz CT molecular complexity index is 848. The van der Waals surface area contributed by atoms with Gasteiger partial charge in [0.05, 0.1) is 16.7 Å². The minimum Gasteiger partial charge on any atom is -0.457 e. The van der Waals surface area contributed by atoms with Gasteiger partial charge in [0, 0.05) is 5.75 Å². The molecule has 0 bridgehead atoms. The first-order valence-electron chi connectivity index (χ1n) is 8.40. The molecule has 3 nitrogen and oxygen atoms in total. The standard InChI is InChI=1S/C20H19NO2S2/c22-18-11-5-10-17-19(18)25-20(21-17)24-13-14-6-4-9-16(12-14)23-15-7-2-1-3-8-15/h1-4,6-9,12,18,22H,5,10-11,13H2. The van der Waals surface area contributed by atoms with Crippen molar-refractivity contribution < 1.29 is 9.84 Å². The highest BCUT2D eigenvalue weighted by Crippen LogP contribution is 2.38. The number of thioether (sulfide) groups is 1. The van der Waals surface area contributed by atoms with Crippen molar-refractivity contribution >= 4 is 23.1 Å². The summed E-state index contributed by atoms with van der Waals surface area (Å²) in [5.74, 6) is 2.53. The summed E-state index contributed by atoms with van der Waals surface area (Å²) in [7, 11) is 0. The predicted octanol–water partition coefficient (Wildman–Crippen LogP) is 5.60. The van der Waals surface area contributed by atoms with Crippen LogP contribution in [0.4, 0.5) is 0 Å². The van der Waals surface area contributed by atoms with Crippen LogP contribution in [0.25, 0.3) is 0 Å². The smallest absolute Gasteiger partial charge is 0.150 e. The average molecular weight is 370 g/mol. The number of para-hydroxylation sites is 1. The molecule has 0 amide bonds. The van der Waals surface area contributed by atoms with Gasteiger partial charge in [-0.05, 0) is 49.1 Å². The summed E-state index contributed by atoms with van der Waals surface area (Å²) in [5, 5.41) is 10.1. The number of hydrogen-bond acceptors (Lipinski definition) is 5. The van der Waals surface area contributed by atoms with Gasteiger partial charge in [0.15, 0.2) is 4.34 Å². The van der Waals surface area contributed by atoms with Crippen LogP contribution in [0.15, 0.2) is 58.9 Å². The number of nitrogens with zero attached hydrogens (tertiary/aromatic N) is 1. The molecule has 1 unspecified atom stereocenters. The minimum absolute atomic E-state index is 0.321. The van der Waals surface area contributed by atoms with Crippen molar-refractivity contribution in [1.82, 2.24) is 4.98 Å². The number of hydrogen-bond donors (Lipinski definition) is 1. The van der Waals surface area contributed by atoms with Gasteiger partial charge in [-0.3, -0.25) is 0 Å². The summed E-state index contributed by atoms with van der Waals surface area (Å²) in [6.45, 7) is 0. The largest absolute Gasteiger partial charge is 0.457 e. The lowest BCUT2D eigenvalue weighted by Gasteiger charge is -2.14. The Morgan fingerprint density at radius 3 is 2.80 bits per heavy atom. The first-order valence-corrected chi connectivity index (χ1v) is 10.2. The highest BCUT2D eigenvalue weighted by molar-refractivity contribution is 8.00. The Morgan fingerprint density at radius 1 is 1.12 bits per heavy atom. The molecule has 0 saturated carbocycles.